The molecule has 0 saturated heterocycles. The molecule has 7 heteroatoms. The van der Waals surface area contributed by atoms with Gasteiger partial charge in [0, 0.05) is 28.0 Å². The first-order chi connectivity index (χ1) is 17.1. The molecule has 0 bridgehead atoms. The Labute approximate surface area is 208 Å². The van der Waals surface area contributed by atoms with Crippen molar-refractivity contribution in [1.82, 2.24) is 0 Å². The second kappa shape index (κ2) is 11.8. The molecular formula is C28H25N3O3S. The van der Waals surface area contributed by atoms with Crippen molar-refractivity contribution in [3.05, 3.63) is 115 Å². The van der Waals surface area contributed by atoms with Crippen molar-refractivity contribution in [2.45, 2.75) is 10.1 Å². The first-order valence-electron chi connectivity index (χ1n) is 11.0. The van der Waals surface area contributed by atoms with Crippen LogP contribution in [0.3, 0.4) is 0 Å². The number of ether oxygens (including phenoxy) is 1. The quantitative estimate of drug-likeness (QED) is 0.241. The third-order valence-electron chi connectivity index (χ3n) is 5.08. The summed E-state index contributed by atoms with van der Waals surface area (Å²) in [6.07, 6.45) is 0. The summed E-state index contributed by atoms with van der Waals surface area (Å²) in [6, 6.07) is 33.2. The highest BCUT2D eigenvalue weighted by Crippen LogP contribution is 2.37. The number of carbonyl (C=O) groups excluding carboxylic acids is 2. The van der Waals surface area contributed by atoms with Crippen molar-refractivity contribution in [2.24, 2.45) is 0 Å². The second-order valence-corrected chi connectivity index (χ2v) is 8.78. The van der Waals surface area contributed by atoms with Gasteiger partial charge in [0.2, 0.25) is 5.91 Å². The molecular weight excluding hydrogens is 458 g/mol. The average molecular weight is 484 g/mol. The van der Waals surface area contributed by atoms with Gasteiger partial charge in [-0.05, 0) is 54.1 Å². The van der Waals surface area contributed by atoms with Crippen LogP contribution in [0.15, 0.2) is 114 Å². The number of rotatable bonds is 8. The minimum absolute atomic E-state index is 0.140. The Kier molecular flexibility index (Phi) is 8.04. The van der Waals surface area contributed by atoms with Gasteiger partial charge in [0.05, 0.1) is 7.11 Å². The smallest absolute Gasteiger partial charge is 0.323 e. The van der Waals surface area contributed by atoms with E-state index < -0.39 is 5.25 Å². The summed E-state index contributed by atoms with van der Waals surface area (Å²) < 4.78 is 5.26. The van der Waals surface area contributed by atoms with E-state index in [1.54, 1.807) is 13.2 Å². The van der Waals surface area contributed by atoms with Crippen molar-refractivity contribution in [3.63, 3.8) is 0 Å². The van der Waals surface area contributed by atoms with Crippen LogP contribution in [0.4, 0.5) is 21.9 Å². The predicted molar refractivity (Wildman–Crippen MR) is 142 cm³/mol. The van der Waals surface area contributed by atoms with Crippen LogP contribution in [0.1, 0.15) is 10.8 Å². The zero-order chi connectivity index (χ0) is 24.5. The van der Waals surface area contributed by atoms with Crippen LogP contribution in [0.2, 0.25) is 0 Å². The summed E-state index contributed by atoms with van der Waals surface area (Å²) in [5.41, 5.74) is 2.92. The third kappa shape index (κ3) is 6.88. The van der Waals surface area contributed by atoms with Crippen molar-refractivity contribution >= 4 is 40.8 Å². The van der Waals surface area contributed by atoms with Crippen molar-refractivity contribution in [3.8, 4) is 5.75 Å². The van der Waals surface area contributed by atoms with Gasteiger partial charge in [-0.2, -0.15) is 0 Å². The van der Waals surface area contributed by atoms with E-state index in [4.69, 9.17) is 4.74 Å². The number of anilines is 3. The third-order valence-corrected chi connectivity index (χ3v) is 6.34. The molecule has 1 unspecified atom stereocenters. The van der Waals surface area contributed by atoms with Gasteiger partial charge in [-0.15, -0.1) is 11.8 Å². The number of para-hydroxylation sites is 1. The van der Waals surface area contributed by atoms with E-state index in [1.165, 1.54) is 11.8 Å². The van der Waals surface area contributed by atoms with Crippen molar-refractivity contribution < 1.29 is 14.3 Å². The predicted octanol–water partition coefficient (Wildman–Crippen LogP) is 6.81. The van der Waals surface area contributed by atoms with Crippen LogP contribution in [-0.4, -0.2) is 19.0 Å². The Morgan fingerprint density at radius 2 is 1.29 bits per heavy atom. The number of amides is 3. The molecule has 0 aliphatic heterocycles. The average Bonchev–Trinajstić information content (AvgIpc) is 2.89. The van der Waals surface area contributed by atoms with E-state index in [0.717, 1.165) is 10.5 Å². The van der Waals surface area contributed by atoms with E-state index in [2.05, 4.69) is 16.0 Å². The first-order valence-corrected chi connectivity index (χ1v) is 11.9. The highest BCUT2D eigenvalue weighted by Gasteiger charge is 2.22. The summed E-state index contributed by atoms with van der Waals surface area (Å²) in [5.74, 6) is 0.532. The van der Waals surface area contributed by atoms with Crippen LogP contribution in [0.5, 0.6) is 5.75 Å². The Bertz CT molecular complexity index is 1270. The summed E-state index contributed by atoms with van der Waals surface area (Å²) >= 11 is 1.44. The molecule has 4 aromatic carbocycles. The molecule has 3 amide bonds. The number of hydrogen-bond acceptors (Lipinski definition) is 4. The number of nitrogens with one attached hydrogen (secondary N) is 3. The Morgan fingerprint density at radius 3 is 1.94 bits per heavy atom. The Hall–Kier alpha value is -4.23. The van der Waals surface area contributed by atoms with Crippen LogP contribution < -0.4 is 20.7 Å². The molecule has 0 aliphatic carbocycles. The highest BCUT2D eigenvalue weighted by atomic mass is 32.2. The molecule has 0 aromatic heterocycles. The van der Waals surface area contributed by atoms with E-state index in [-0.39, 0.29) is 11.9 Å². The lowest BCUT2D eigenvalue weighted by atomic mass is 10.1. The van der Waals surface area contributed by atoms with Gasteiger partial charge >= 0.3 is 6.03 Å². The largest absolute Gasteiger partial charge is 0.497 e. The second-order valence-electron chi connectivity index (χ2n) is 7.60. The minimum atomic E-state index is -0.470. The molecule has 0 radical (unpaired) electrons. The number of thioether (sulfide) groups is 1. The van der Waals surface area contributed by atoms with Gasteiger partial charge in [0.25, 0.3) is 0 Å². The van der Waals surface area contributed by atoms with Gasteiger partial charge in [-0.1, -0.05) is 54.6 Å². The van der Waals surface area contributed by atoms with Gasteiger partial charge in [-0.25, -0.2) is 4.79 Å². The standard InChI is InChI=1S/C28H25N3O3S/c1-34-24-14-8-13-23(19-24)29-27(32)26(20-9-4-2-5-10-20)35-25-17-15-22(16-18-25)31-28(33)30-21-11-6-3-7-12-21/h2-19,26H,1H3,(H,29,32)(H2,30,31,33). The summed E-state index contributed by atoms with van der Waals surface area (Å²) in [5, 5.41) is 8.13. The van der Waals surface area contributed by atoms with Gasteiger partial charge in [0.15, 0.2) is 0 Å². The number of urea groups is 1. The molecule has 176 valence electrons. The monoisotopic (exact) mass is 483 g/mol. The maximum absolute atomic E-state index is 13.3. The van der Waals surface area contributed by atoms with Crippen LogP contribution in [-0.2, 0) is 4.79 Å². The minimum Gasteiger partial charge on any atom is -0.497 e. The molecule has 0 fully saturated rings. The van der Waals surface area contributed by atoms with E-state index in [9.17, 15) is 9.59 Å². The van der Waals surface area contributed by atoms with Crippen LogP contribution in [0, 0.1) is 0 Å². The molecule has 3 N–H and O–H groups in total. The number of methoxy groups -OCH3 is 1. The lowest BCUT2D eigenvalue weighted by Crippen LogP contribution is -2.19. The van der Waals surface area contributed by atoms with E-state index >= 15 is 0 Å². The lowest BCUT2D eigenvalue weighted by molar-refractivity contribution is -0.115. The van der Waals surface area contributed by atoms with Gasteiger partial charge in [-0.3, -0.25) is 4.79 Å². The van der Waals surface area contributed by atoms with E-state index in [0.29, 0.717) is 22.8 Å². The fourth-order valence-corrected chi connectivity index (χ4v) is 4.40. The van der Waals surface area contributed by atoms with Crippen molar-refractivity contribution in [1.29, 1.82) is 0 Å². The van der Waals surface area contributed by atoms with Gasteiger partial charge in [0.1, 0.15) is 11.0 Å². The van der Waals surface area contributed by atoms with Gasteiger partial charge < -0.3 is 20.7 Å². The molecule has 4 rings (SSSR count). The first kappa shape index (κ1) is 23.9. The van der Waals surface area contributed by atoms with Crippen LogP contribution in [0.25, 0.3) is 0 Å². The Morgan fingerprint density at radius 1 is 0.686 bits per heavy atom. The molecule has 1 atom stereocenters. The zero-order valence-corrected chi connectivity index (χ0v) is 19.9. The highest BCUT2D eigenvalue weighted by molar-refractivity contribution is 8.00. The molecule has 35 heavy (non-hydrogen) atoms. The zero-order valence-electron chi connectivity index (χ0n) is 19.1. The van der Waals surface area contributed by atoms with Crippen molar-refractivity contribution in [2.75, 3.05) is 23.1 Å². The molecule has 0 saturated carbocycles. The number of hydrogen-bond donors (Lipinski definition) is 3. The molecule has 0 spiro atoms. The SMILES string of the molecule is COc1cccc(NC(=O)C(Sc2ccc(NC(=O)Nc3ccccc3)cc2)c2ccccc2)c1. The number of benzene rings is 4. The maximum Gasteiger partial charge on any atom is 0.323 e. The summed E-state index contributed by atoms with van der Waals surface area (Å²) in [7, 11) is 1.59. The normalized spacial score (nSPS) is 11.2. The molecule has 4 aromatic rings. The fourth-order valence-electron chi connectivity index (χ4n) is 3.38. The molecule has 0 aliphatic rings. The summed E-state index contributed by atoms with van der Waals surface area (Å²) in [4.78, 5) is 26.4. The molecule has 0 heterocycles. The maximum atomic E-state index is 13.3. The topological polar surface area (TPSA) is 79.5 Å². The molecule has 6 nitrogen and oxygen atoms in total. The van der Waals surface area contributed by atoms with Crippen LogP contribution >= 0.6 is 11.8 Å². The van der Waals surface area contributed by atoms with E-state index in [1.807, 2.05) is 103 Å². The fraction of sp³-hybridized carbons (Fsp3) is 0.0714. The lowest BCUT2D eigenvalue weighted by Gasteiger charge is -2.18. The summed E-state index contributed by atoms with van der Waals surface area (Å²) in [6.45, 7) is 0. The number of carbonyl (C=O) groups is 2. The Balaban J connectivity index is 1.45.